The first-order chi connectivity index (χ1) is 8.91. The van der Waals surface area contributed by atoms with E-state index >= 15 is 0 Å². The molecule has 0 aliphatic carbocycles. The summed E-state index contributed by atoms with van der Waals surface area (Å²) < 4.78 is 0. The van der Waals surface area contributed by atoms with E-state index in [-0.39, 0.29) is 5.41 Å². The number of anilines is 1. The number of rotatable bonds is 4. The van der Waals surface area contributed by atoms with Crippen molar-refractivity contribution < 1.29 is 0 Å². The molecule has 2 aromatic carbocycles. The van der Waals surface area contributed by atoms with Gasteiger partial charge >= 0.3 is 0 Å². The van der Waals surface area contributed by atoms with Crippen LogP contribution < -0.4 is 10.6 Å². The Morgan fingerprint density at radius 3 is 2.37 bits per heavy atom. The smallest absolute Gasteiger partial charge is 0.0370 e. The van der Waals surface area contributed by atoms with E-state index < -0.39 is 0 Å². The highest BCUT2D eigenvalue weighted by atomic mass is 15.1. The molecule has 0 bridgehead atoms. The van der Waals surface area contributed by atoms with Crippen LogP contribution in [0.3, 0.4) is 0 Å². The van der Waals surface area contributed by atoms with E-state index in [1.165, 1.54) is 22.0 Å². The molecule has 0 atom stereocenters. The van der Waals surface area contributed by atoms with Gasteiger partial charge in [-0.3, -0.25) is 0 Å². The Kier molecular flexibility index (Phi) is 3.81. The maximum atomic E-state index is 5.81. The summed E-state index contributed by atoms with van der Waals surface area (Å²) in [5, 5.41) is 2.59. The second kappa shape index (κ2) is 5.22. The molecule has 0 unspecified atom stereocenters. The van der Waals surface area contributed by atoms with Gasteiger partial charge in [0.1, 0.15) is 0 Å². The van der Waals surface area contributed by atoms with E-state index in [0.717, 1.165) is 6.54 Å². The fraction of sp³-hybridized carbons (Fsp3) is 0.412. The maximum Gasteiger partial charge on any atom is 0.0370 e. The molecule has 0 heterocycles. The minimum atomic E-state index is 0.136. The molecule has 0 aliphatic heterocycles. The number of nitrogens with zero attached hydrogens (tertiary/aromatic N) is 1. The monoisotopic (exact) mass is 256 g/mol. The fourth-order valence-electron chi connectivity index (χ4n) is 2.39. The van der Waals surface area contributed by atoms with Gasteiger partial charge in [-0.1, -0.05) is 43.7 Å². The number of aryl methyl sites for hydroxylation is 1. The van der Waals surface area contributed by atoms with E-state index in [9.17, 15) is 0 Å². The van der Waals surface area contributed by atoms with Gasteiger partial charge in [-0.05, 0) is 41.8 Å². The average Bonchev–Trinajstić information content (AvgIpc) is 2.37. The molecule has 102 valence electrons. The SMILES string of the molecule is Cc1ccc2cc(N(C)CC(C)(C)CN)ccc2c1. The van der Waals surface area contributed by atoms with Crippen LogP contribution in [-0.4, -0.2) is 20.1 Å². The molecule has 0 spiro atoms. The molecule has 2 aromatic rings. The molecular weight excluding hydrogens is 232 g/mol. The molecule has 2 nitrogen and oxygen atoms in total. The van der Waals surface area contributed by atoms with E-state index in [4.69, 9.17) is 5.73 Å². The second-order valence-corrected chi connectivity index (χ2v) is 6.26. The van der Waals surface area contributed by atoms with Crippen molar-refractivity contribution >= 4 is 16.5 Å². The predicted octanol–water partition coefficient (Wildman–Crippen LogP) is 3.57. The van der Waals surface area contributed by atoms with Crippen LogP contribution in [0.1, 0.15) is 19.4 Å². The average molecular weight is 256 g/mol. The lowest BCUT2D eigenvalue weighted by molar-refractivity contribution is 0.385. The first kappa shape index (κ1) is 13.9. The Labute approximate surface area is 116 Å². The Hall–Kier alpha value is -1.54. The van der Waals surface area contributed by atoms with Gasteiger partial charge in [0.25, 0.3) is 0 Å². The van der Waals surface area contributed by atoms with Crippen LogP contribution in [-0.2, 0) is 0 Å². The van der Waals surface area contributed by atoms with Crippen molar-refractivity contribution in [1.82, 2.24) is 0 Å². The van der Waals surface area contributed by atoms with Gasteiger partial charge in [0.15, 0.2) is 0 Å². The molecular formula is C17H24N2. The van der Waals surface area contributed by atoms with Crippen LogP contribution in [0.25, 0.3) is 10.8 Å². The van der Waals surface area contributed by atoms with Crippen molar-refractivity contribution in [2.45, 2.75) is 20.8 Å². The molecule has 0 aliphatic rings. The van der Waals surface area contributed by atoms with Crippen molar-refractivity contribution in [3.8, 4) is 0 Å². The number of fused-ring (bicyclic) bond motifs is 1. The van der Waals surface area contributed by atoms with Gasteiger partial charge in [0.2, 0.25) is 0 Å². The molecule has 2 rings (SSSR count). The highest BCUT2D eigenvalue weighted by Crippen LogP contribution is 2.25. The normalized spacial score (nSPS) is 11.8. The van der Waals surface area contributed by atoms with Crippen molar-refractivity contribution in [1.29, 1.82) is 0 Å². The predicted molar refractivity (Wildman–Crippen MR) is 84.8 cm³/mol. The molecule has 0 amide bonds. The summed E-state index contributed by atoms with van der Waals surface area (Å²) in [5.41, 5.74) is 8.50. The van der Waals surface area contributed by atoms with Gasteiger partial charge in [-0.25, -0.2) is 0 Å². The largest absolute Gasteiger partial charge is 0.374 e. The summed E-state index contributed by atoms with van der Waals surface area (Å²) in [5.74, 6) is 0. The van der Waals surface area contributed by atoms with Crippen LogP contribution >= 0.6 is 0 Å². The quantitative estimate of drug-likeness (QED) is 0.906. The molecule has 19 heavy (non-hydrogen) atoms. The first-order valence-corrected chi connectivity index (χ1v) is 6.83. The van der Waals surface area contributed by atoms with Crippen LogP contribution in [0.5, 0.6) is 0 Å². The summed E-state index contributed by atoms with van der Waals surface area (Å²) in [6, 6.07) is 13.2. The zero-order valence-corrected chi connectivity index (χ0v) is 12.4. The molecule has 0 radical (unpaired) electrons. The number of nitrogens with two attached hydrogens (primary N) is 1. The van der Waals surface area contributed by atoms with Crippen molar-refractivity contribution in [2.24, 2.45) is 11.1 Å². The second-order valence-electron chi connectivity index (χ2n) is 6.26. The maximum absolute atomic E-state index is 5.81. The van der Waals surface area contributed by atoms with E-state index in [1.54, 1.807) is 0 Å². The highest BCUT2D eigenvalue weighted by molar-refractivity contribution is 5.86. The van der Waals surface area contributed by atoms with Gasteiger partial charge in [0, 0.05) is 19.3 Å². The third kappa shape index (κ3) is 3.27. The zero-order chi connectivity index (χ0) is 14.0. The van der Waals surface area contributed by atoms with E-state index in [0.29, 0.717) is 6.54 Å². The Morgan fingerprint density at radius 1 is 1.05 bits per heavy atom. The van der Waals surface area contributed by atoms with Gasteiger partial charge in [0.05, 0.1) is 0 Å². The van der Waals surface area contributed by atoms with Crippen LogP contribution in [0, 0.1) is 12.3 Å². The van der Waals surface area contributed by atoms with Crippen LogP contribution in [0.4, 0.5) is 5.69 Å². The van der Waals surface area contributed by atoms with Crippen molar-refractivity contribution in [2.75, 3.05) is 25.0 Å². The minimum absolute atomic E-state index is 0.136. The lowest BCUT2D eigenvalue weighted by Crippen LogP contribution is -2.36. The molecule has 2 heteroatoms. The van der Waals surface area contributed by atoms with Crippen molar-refractivity contribution in [3.63, 3.8) is 0 Å². The van der Waals surface area contributed by atoms with Gasteiger partial charge in [-0.15, -0.1) is 0 Å². The number of hydrogen-bond donors (Lipinski definition) is 1. The van der Waals surface area contributed by atoms with Gasteiger partial charge in [-0.2, -0.15) is 0 Å². The summed E-state index contributed by atoms with van der Waals surface area (Å²) in [6.45, 7) is 8.19. The zero-order valence-electron chi connectivity index (χ0n) is 12.4. The molecule has 0 saturated heterocycles. The van der Waals surface area contributed by atoms with Gasteiger partial charge < -0.3 is 10.6 Å². The van der Waals surface area contributed by atoms with Crippen molar-refractivity contribution in [3.05, 3.63) is 42.0 Å². The Bertz CT molecular complexity index is 572. The van der Waals surface area contributed by atoms with E-state index in [2.05, 4.69) is 69.1 Å². The summed E-state index contributed by atoms with van der Waals surface area (Å²) in [4.78, 5) is 2.28. The Balaban J connectivity index is 2.28. The molecule has 0 aromatic heterocycles. The Morgan fingerprint density at radius 2 is 1.68 bits per heavy atom. The topological polar surface area (TPSA) is 29.3 Å². The summed E-state index contributed by atoms with van der Waals surface area (Å²) in [6.07, 6.45) is 0. The standard InChI is InChI=1S/C17H24N2/c1-13-5-6-15-10-16(8-7-14(15)9-13)19(4)12-17(2,3)11-18/h5-10H,11-12,18H2,1-4H3. The molecule has 0 fully saturated rings. The van der Waals surface area contributed by atoms with Crippen LogP contribution in [0.15, 0.2) is 36.4 Å². The number of benzene rings is 2. The van der Waals surface area contributed by atoms with E-state index in [1.807, 2.05) is 0 Å². The number of hydrogen-bond acceptors (Lipinski definition) is 2. The van der Waals surface area contributed by atoms with Crippen LogP contribution in [0.2, 0.25) is 0 Å². The summed E-state index contributed by atoms with van der Waals surface area (Å²) in [7, 11) is 2.13. The third-order valence-corrected chi connectivity index (χ3v) is 3.64. The summed E-state index contributed by atoms with van der Waals surface area (Å²) >= 11 is 0. The molecule has 2 N–H and O–H groups in total. The first-order valence-electron chi connectivity index (χ1n) is 6.83. The highest BCUT2D eigenvalue weighted by Gasteiger charge is 2.18. The third-order valence-electron chi connectivity index (χ3n) is 3.64. The molecule has 0 saturated carbocycles. The fourth-order valence-corrected chi connectivity index (χ4v) is 2.39. The lowest BCUT2D eigenvalue weighted by atomic mass is 9.93. The lowest BCUT2D eigenvalue weighted by Gasteiger charge is -2.30. The minimum Gasteiger partial charge on any atom is -0.374 e.